The van der Waals surface area contributed by atoms with Gasteiger partial charge in [0.1, 0.15) is 11.6 Å². The molecular formula is C22H24F2N2O. The highest BCUT2D eigenvalue weighted by molar-refractivity contribution is 5.77. The Balaban J connectivity index is 1.67. The molecule has 2 atom stereocenters. The number of carbonyl (C=O) groups excluding carboxylic acids is 1. The molecule has 0 unspecified atom stereocenters. The van der Waals surface area contributed by atoms with Crippen LogP contribution < -0.4 is 5.32 Å². The molecule has 0 saturated carbocycles. The van der Waals surface area contributed by atoms with Gasteiger partial charge in [-0.05, 0) is 30.5 Å². The Bertz CT molecular complexity index is 841. The van der Waals surface area contributed by atoms with Crippen molar-refractivity contribution in [3.63, 3.8) is 0 Å². The Kier molecular flexibility index (Phi) is 4.96. The maximum atomic E-state index is 14.6. The van der Waals surface area contributed by atoms with E-state index in [9.17, 15) is 13.6 Å². The molecule has 2 fully saturated rings. The number of hydrogen-bond acceptors (Lipinski definition) is 2. The van der Waals surface area contributed by atoms with Gasteiger partial charge in [0.25, 0.3) is 0 Å². The average Bonchev–Trinajstić information content (AvgIpc) is 2.86. The van der Waals surface area contributed by atoms with Gasteiger partial charge < -0.3 is 5.32 Å². The van der Waals surface area contributed by atoms with Crippen molar-refractivity contribution in [3.05, 3.63) is 71.3 Å². The fourth-order valence-corrected chi connectivity index (χ4v) is 4.66. The van der Waals surface area contributed by atoms with E-state index < -0.39 is 5.54 Å². The van der Waals surface area contributed by atoms with Crippen LogP contribution in [0.2, 0.25) is 0 Å². The van der Waals surface area contributed by atoms with Gasteiger partial charge >= 0.3 is 0 Å². The van der Waals surface area contributed by atoms with Crippen LogP contribution in [-0.4, -0.2) is 29.4 Å². The molecule has 0 aliphatic carbocycles. The predicted octanol–water partition coefficient (Wildman–Crippen LogP) is 3.99. The third kappa shape index (κ3) is 3.61. The van der Waals surface area contributed by atoms with Crippen molar-refractivity contribution in [2.75, 3.05) is 13.1 Å². The molecule has 1 N–H and O–H groups in total. The maximum absolute atomic E-state index is 14.6. The van der Waals surface area contributed by atoms with E-state index in [1.165, 1.54) is 12.1 Å². The van der Waals surface area contributed by atoms with Crippen LogP contribution in [0, 0.1) is 11.6 Å². The van der Waals surface area contributed by atoms with Crippen molar-refractivity contribution < 1.29 is 13.6 Å². The molecule has 5 heteroatoms. The summed E-state index contributed by atoms with van der Waals surface area (Å²) in [5, 5.41) is 3.22. The van der Waals surface area contributed by atoms with Crippen LogP contribution in [0.4, 0.5) is 8.78 Å². The highest BCUT2D eigenvalue weighted by Gasteiger charge is 2.49. The monoisotopic (exact) mass is 370 g/mol. The first kappa shape index (κ1) is 18.1. The Hall–Kier alpha value is -2.27. The zero-order chi connectivity index (χ0) is 18.9. The molecule has 3 nitrogen and oxygen atoms in total. The lowest BCUT2D eigenvalue weighted by Crippen LogP contribution is -2.52. The molecular weight excluding hydrogens is 346 g/mol. The van der Waals surface area contributed by atoms with E-state index in [2.05, 4.69) is 10.2 Å². The fourth-order valence-electron chi connectivity index (χ4n) is 4.66. The van der Waals surface area contributed by atoms with Gasteiger partial charge in [-0.2, -0.15) is 0 Å². The number of benzene rings is 2. The van der Waals surface area contributed by atoms with Crippen LogP contribution in [0.15, 0.2) is 48.5 Å². The smallest absolute Gasteiger partial charge is 0.220 e. The number of hydrogen-bond donors (Lipinski definition) is 1. The van der Waals surface area contributed by atoms with Crippen molar-refractivity contribution in [1.82, 2.24) is 10.2 Å². The summed E-state index contributed by atoms with van der Waals surface area (Å²) >= 11 is 0. The van der Waals surface area contributed by atoms with E-state index in [1.54, 1.807) is 18.2 Å². The molecule has 0 bridgehead atoms. The highest BCUT2D eigenvalue weighted by atomic mass is 19.1. The number of carbonyl (C=O) groups is 1. The minimum Gasteiger partial charge on any atom is -0.349 e. The van der Waals surface area contributed by atoms with Crippen LogP contribution in [0.5, 0.6) is 0 Å². The quantitative estimate of drug-likeness (QED) is 0.886. The summed E-state index contributed by atoms with van der Waals surface area (Å²) in [6.07, 6.45) is 3.10. The Morgan fingerprint density at radius 3 is 2.56 bits per heavy atom. The van der Waals surface area contributed by atoms with Gasteiger partial charge in [0.05, 0.1) is 5.54 Å². The minimum absolute atomic E-state index is 0.0292. The number of likely N-dealkylation sites (tertiary alicyclic amines) is 1. The lowest BCUT2D eigenvalue weighted by Gasteiger charge is -2.35. The SMILES string of the molecule is O=C1CCCC[C@]2(CN(Cc3ccccc3F)C[C@H]2c2ccccc2F)N1. The van der Waals surface area contributed by atoms with Gasteiger partial charge in [-0.3, -0.25) is 9.69 Å². The van der Waals surface area contributed by atoms with Crippen molar-refractivity contribution in [2.24, 2.45) is 0 Å². The number of halogens is 2. The number of nitrogens with one attached hydrogen (secondary N) is 1. The summed E-state index contributed by atoms with van der Waals surface area (Å²) in [6, 6.07) is 13.6. The molecule has 1 spiro atoms. The van der Waals surface area contributed by atoms with Gasteiger partial charge in [-0.15, -0.1) is 0 Å². The Labute approximate surface area is 158 Å². The van der Waals surface area contributed by atoms with Gasteiger partial charge in [0.15, 0.2) is 0 Å². The second-order valence-electron chi connectivity index (χ2n) is 7.75. The topological polar surface area (TPSA) is 32.3 Å². The van der Waals surface area contributed by atoms with E-state index in [4.69, 9.17) is 0 Å². The normalized spacial score (nSPS) is 26.1. The molecule has 2 aliphatic heterocycles. The first-order valence-electron chi connectivity index (χ1n) is 9.59. The molecule has 0 aromatic heterocycles. The fraction of sp³-hybridized carbons (Fsp3) is 0.409. The zero-order valence-corrected chi connectivity index (χ0v) is 15.3. The number of nitrogens with zero attached hydrogens (tertiary/aromatic N) is 1. The van der Waals surface area contributed by atoms with E-state index in [0.717, 1.165) is 19.3 Å². The van der Waals surface area contributed by atoms with E-state index in [0.29, 0.717) is 37.2 Å². The molecule has 27 heavy (non-hydrogen) atoms. The van der Waals surface area contributed by atoms with Crippen LogP contribution in [0.3, 0.4) is 0 Å². The van der Waals surface area contributed by atoms with Gasteiger partial charge in [0, 0.05) is 37.5 Å². The first-order valence-corrected chi connectivity index (χ1v) is 9.59. The lowest BCUT2D eigenvalue weighted by molar-refractivity contribution is -0.122. The van der Waals surface area contributed by atoms with Crippen molar-refractivity contribution >= 4 is 5.91 Å². The van der Waals surface area contributed by atoms with Crippen molar-refractivity contribution in [3.8, 4) is 0 Å². The highest BCUT2D eigenvalue weighted by Crippen LogP contribution is 2.42. The number of amides is 1. The Morgan fingerprint density at radius 1 is 1.04 bits per heavy atom. The van der Waals surface area contributed by atoms with E-state index >= 15 is 0 Å². The first-order chi connectivity index (χ1) is 13.1. The molecule has 2 saturated heterocycles. The summed E-state index contributed by atoms with van der Waals surface area (Å²) in [4.78, 5) is 14.5. The molecule has 0 radical (unpaired) electrons. The van der Waals surface area contributed by atoms with Crippen LogP contribution >= 0.6 is 0 Å². The maximum Gasteiger partial charge on any atom is 0.220 e. The molecule has 2 heterocycles. The Morgan fingerprint density at radius 2 is 1.78 bits per heavy atom. The second-order valence-corrected chi connectivity index (χ2v) is 7.75. The molecule has 4 rings (SSSR count). The van der Waals surface area contributed by atoms with Crippen molar-refractivity contribution in [2.45, 2.75) is 43.7 Å². The van der Waals surface area contributed by atoms with Gasteiger partial charge in [-0.25, -0.2) is 8.78 Å². The summed E-state index contributed by atoms with van der Waals surface area (Å²) < 4.78 is 28.7. The van der Waals surface area contributed by atoms with E-state index in [1.807, 2.05) is 18.2 Å². The van der Waals surface area contributed by atoms with Crippen LogP contribution in [0.1, 0.15) is 42.7 Å². The van der Waals surface area contributed by atoms with Crippen molar-refractivity contribution in [1.29, 1.82) is 0 Å². The predicted molar refractivity (Wildman–Crippen MR) is 100 cm³/mol. The summed E-state index contributed by atoms with van der Waals surface area (Å²) in [5.41, 5.74) is 0.763. The van der Waals surface area contributed by atoms with Crippen LogP contribution in [0.25, 0.3) is 0 Å². The second kappa shape index (κ2) is 7.39. The molecule has 1 amide bonds. The summed E-state index contributed by atoms with van der Waals surface area (Å²) in [5.74, 6) is -0.590. The summed E-state index contributed by atoms with van der Waals surface area (Å²) in [7, 11) is 0. The molecule has 2 aliphatic rings. The molecule has 2 aromatic carbocycles. The minimum atomic E-state index is -0.499. The average molecular weight is 370 g/mol. The van der Waals surface area contributed by atoms with E-state index in [-0.39, 0.29) is 23.5 Å². The van der Waals surface area contributed by atoms with Gasteiger partial charge in [0.2, 0.25) is 5.91 Å². The molecule has 2 aromatic rings. The lowest BCUT2D eigenvalue weighted by atomic mass is 9.78. The van der Waals surface area contributed by atoms with Gasteiger partial charge in [-0.1, -0.05) is 42.8 Å². The third-order valence-corrected chi connectivity index (χ3v) is 5.91. The zero-order valence-electron chi connectivity index (χ0n) is 15.3. The van der Waals surface area contributed by atoms with Crippen LogP contribution in [-0.2, 0) is 11.3 Å². The third-order valence-electron chi connectivity index (χ3n) is 5.91. The standard InChI is InChI=1S/C22H24F2N2O/c23-19-9-3-1-7-16(19)13-26-14-18(17-8-2-4-10-20(17)24)22(15-26)12-6-5-11-21(27)25-22/h1-4,7-10,18H,5-6,11-15H2,(H,25,27)/t18-,22+/m0/s1. The largest absolute Gasteiger partial charge is 0.349 e. The summed E-state index contributed by atoms with van der Waals surface area (Å²) in [6.45, 7) is 1.65. The molecule has 142 valence electrons. The number of rotatable bonds is 3.